The topological polar surface area (TPSA) is 87.7 Å². The van der Waals surface area contributed by atoms with Gasteiger partial charge in [0.2, 0.25) is 5.91 Å². The minimum absolute atomic E-state index is 0.0240. The van der Waals surface area contributed by atoms with Crippen LogP contribution in [0.1, 0.15) is 82.7 Å². The van der Waals surface area contributed by atoms with Crippen molar-refractivity contribution in [3.05, 3.63) is 63.7 Å². The van der Waals surface area contributed by atoms with Crippen LogP contribution < -0.4 is 10.6 Å². The van der Waals surface area contributed by atoms with E-state index in [1.165, 1.54) is 0 Å². The summed E-state index contributed by atoms with van der Waals surface area (Å²) in [6.45, 7) is 17.2. The molecule has 0 saturated carbocycles. The molecule has 3 atom stereocenters. The SMILES string of the molecule is Cc1cccc(C(C(=O)Nc2c(C)cccc2Cl)N(C(=O)C(CS)NC(=O)OC(C)(C)C)C(C)CCC(C)C)c1C. The van der Waals surface area contributed by atoms with Crippen molar-refractivity contribution in [2.45, 2.75) is 98.9 Å². The van der Waals surface area contributed by atoms with Gasteiger partial charge in [-0.1, -0.05) is 55.8 Å². The van der Waals surface area contributed by atoms with Gasteiger partial charge in [-0.05, 0) is 95.5 Å². The predicted octanol–water partition coefficient (Wildman–Crippen LogP) is 7.42. The van der Waals surface area contributed by atoms with Crippen LogP contribution in [0, 0.1) is 26.7 Å². The molecule has 2 aromatic rings. The molecule has 41 heavy (non-hydrogen) atoms. The highest BCUT2D eigenvalue weighted by atomic mass is 35.5. The summed E-state index contributed by atoms with van der Waals surface area (Å²) >= 11 is 10.9. The molecule has 0 bridgehead atoms. The average Bonchev–Trinajstić information content (AvgIpc) is 2.87. The first-order valence-corrected chi connectivity index (χ1v) is 15.1. The first kappa shape index (κ1) is 34.5. The van der Waals surface area contributed by atoms with E-state index < -0.39 is 35.6 Å². The predicted molar refractivity (Wildman–Crippen MR) is 171 cm³/mol. The zero-order valence-corrected chi connectivity index (χ0v) is 27.5. The first-order valence-electron chi connectivity index (χ1n) is 14.1. The Hall–Kier alpha value is -2.71. The molecule has 2 N–H and O–H groups in total. The second-order valence-corrected chi connectivity index (χ2v) is 12.8. The number of para-hydroxylation sites is 1. The Morgan fingerprint density at radius 3 is 2.15 bits per heavy atom. The standard InChI is InChI=1S/C32H46ClN3O4S/c1-19(2)16-17-22(5)36(30(38)26(18-41)34-31(39)40-32(7,8)9)28(24-14-10-12-20(3)23(24)6)29(37)35-27-21(4)13-11-15-25(27)33/h10-15,19,22,26,28,41H,16-18H2,1-9H3,(H,34,39)(H,35,37). The number of hydrogen-bond acceptors (Lipinski definition) is 5. The number of thiol groups is 1. The largest absolute Gasteiger partial charge is 0.444 e. The van der Waals surface area contributed by atoms with E-state index in [-0.39, 0.29) is 11.8 Å². The molecule has 0 aromatic heterocycles. The van der Waals surface area contributed by atoms with Gasteiger partial charge in [-0.15, -0.1) is 0 Å². The van der Waals surface area contributed by atoms with Crippen LogP contribution in [-0.2, 0) is 14.3 Å². The van der Waals surface area contributed by atoms with Gasteiger partial charge in [0.25, 0.3) is 5.91 Å². The van der Waals surface area contributed by atoms with Crippen LogP contribution in [0.5, 0.6) is 0 Å². The van der Waals surface area contributed by atoms with Crippen molar-refractivity contribution in [3.63, 3.8) is 0 Å². The van der Waals surface area contributed by atoms with E-state index >= 15 is 0 Å². The number of amides is 3. The van der Waals surface area contributed by atoms with Crippen LogP contribution in [-0.4, -0.2) is 46.2 Å². The number of ether oxygens (including phenoxy) is 1. The van der Waals surface area contributed by atoms with Gasteiger partial charge in [0.1, 0.15) is 17.7 Å². The molecule has 226 valence electrons. The summed E-state index contributed by atoms with van der Waals surface area (Å²) < 4.78 is 5.42. The van der Waals surface area contributed by atoms with Gasteiger partial charge in [-0.2, -0.15) is 12.6 Å². The van der Waals surface area contributed by atoms with Crippen molar-refractivity contribution in [1.29, 1.82) is 0 Å². The van der Waals surface area contributed by atoms with E-state index in [1.54, 1.807) is 31.7 Å². The monoisotopic (exact) mass is 603 g/mol. The number of carbonyl (C=O) groups excluding carboxylic acids is 3. The molecule has 7 nitrogen and oxygen atoms in total. The first-order chi connectivity index (χ1) is 19.1. The third-order valence-corrected chi connectivity index (χ3v) is 7.68. The summed E-state index contributed by atoms with van der Waals surface area (Å²) in [7, 11) is 0. The minimum atomic E-state index is -1.02. The maximum Gasteiger partial charge on any atom is 0.408 e. The summed E-state index contributed by atoms with van der Waals surface area (Å²) in [5.41, 5.74) is 3.15. The summed E-state index contributed by atoms with van der Waals surface area (Å²) in [5.74, 6) is -0.390. The van der Waals surface area contributed by atoms with Crippen molar-refractivity contribution >= 4 is 47.8 Å². The zero-order chi connectivity index (χ0) is 31.1. The molecule has 0 heterocycles. The lowest BCUT2D eigenvalue weighted by Gasteiger charge is -2.39. The Morgan fingerprint density at radius 2 is 1.59 bits per heavy atom. The van der Waals surface area contributed by atoms with E-state index in [2.05, 4.69) is 37.1 Å². The van der Waals surface area contributed by atoms with E-state index in [1.807, 2.05) is 58.0 Å². The molecule has 0 aliphatic carbocycles. The quantitative estimate of drug-likeness (QED) is 0.233. The maximum atomic E-state index is 14.4. The van der Waals surface area contributed by atoms with Crippen LogP contribution in [0.2, 0.25) is 5.02 Å². The number of nitrogens with one attached hydrogen (secondary N) is 2. The lowest BCUT2D eigenvalue weighted by Crippen LogP contribution is -2.55. The van der Waals surface area contributed by atoms with Gasteiger partial charge in [-0.3, -0.25) is 9.59 Å². The van der Waals surface area contributed by atoms with Gasteiger partial charge >= 0.3 is 6.09 Å². The molecule has 9 heteroatoms. The van der Waals surface area contributed by atoms with E-state index in [9.17, 15) is 14.4 Å². The fourth-order valence-electron chi connectivity index (χ4n) is 4.60. The highest BCUT2D eigenvalue weighted by Crippen LogP contribution is 2.33. The Labute approximate surface area is 256 Å². The second kappa shape index (κ2) is 15.0. The Morgan fingerprint density at radius 1 is 0.976 bits per heavy atom. The van der Waals surface area contributed by atoms with Crippen molar-refractivity contribution in [1.82, 2.24) is 10.2 Å². The number of nitrogens with zero attached hydrogens (tertiary/aromatic N) is 1. The summed E-state index contributed by atoms with van der Waals surface area (Å²) in [6.07, 6.45) is 0.787. The Kier molecular flexibility index (Phi) is 12.6. The van der Waals surface area contributed by atoms with Crippen LogP contribution in [0.3, 0.4) is 0 Å². The highest BCUT2D eigenvalue weighted by molar-refractivity contribution is 7.80. The van der Waals surface area contributed by atoms with E-state index in [4.69, 9.17) is 16.3 Å². The molecule has 0 spiro atoms. The fraction of sp³-hybridized carbons (Fsp3) is 0.531. The highest BCUT2D eigenvalue weighted by Gasteiger charge is 2.39. The average molecular weight is 604 g/mol. The molecular weight excluding hydrogens is 558 g/mol. The smallest absolute Gasteiger partial charge is 0.408 e. The molecule has 3 unspecified atom stereocenters. The lowest BCUT2D eigenvalue weighted by atomic mass is 9.92. The Balaban J connectivity index is 2.68. The van der Waals surface area contributed by atoms with E-state index in [0.717, 1.165) is 23.1 Å². The van der Waals surface area contributed by atoms with Crippen molar-refractivity contribution in [2.75, 3.05) is 11.1 Å². The van der Waals surface area contributed by atoms with Crippen LogP contribution >= 0.6 is 24.2 Å². The molecule has 0 saturated heterocycles. The van der Waals surface area contributed by atoms with Crippen molar-refractivity contribution in [3.8, 4) is 0 Å². The van der Waals surface area contributed by atoms with Crippen LogP contribution in [0.4, 0.5) is 10.5 Å². The number of aryl methyl sites for hydroxylation is 2. The molecule has 0 radical (unpaired) electrons. The van der Waals surface area contributed by atoms with Crippen molar-refractivity contribution < 1.29 is 19.1 Å². The van der Waals surface area contributed by atoms with Gasteiger partial charge in [0.05, 0.1) is 10.7 Å². The molecule has 3 amide bonds. The number of rotatable bonds is 11. The fourth-order valence-corrected chi connectivity index (χ4v) is 5.11. The van der Waals surface area contributed by atoms with Gasteiger partial charge in [0.15, 0.2) is 0 Å². The Bertz CT molecular complexity index is 1210. The molecule has 2 rings (SSSR count). The van der Waals surface area contributed by atoms with E-state index in [0.29, 0.717) is 28.6 Å². The van der Waals surface area contributed by atoms with Crippen LogP contribution in [0.25, 0.3) is 0 Å². The zero-order valence-electron chi connectivity index (χ0n) is 25.8. The molecule has 0 aliphatic heterocycles. The summed E-state index contributed by atoms with van der Waals surface area (Å²) in [6, 6.07) is 8.78. The van der Waals surface area contributed by atoms with Gasteiger partial charge in [0, 0.05) is 11.8 Å². The number of benzene rings is 2. The molecular formula is C32H46ClN3O4S. The van der Waals surface area contributed by atoms with Gasteiger partial charge < -0.3 is 20.3 Å². The number of alkyl carbamates (subject to hydrolysis) is 1. The molecule has 2 aromatic carbocycles. The number of anilines is 1. The number of hydrogen-bond donors (Lipinski definition) is 3. The lowest BCUT2D eigenvalue weighted by molar-refractivity contribution is -0.143. The second-order valence-electron chi connectivity index (χ2n) is 12.1. The third kappa shape index (κ3) is 9.67. The molecule has 0 fully saturated rings. The third-order valence-electron chi connectivity index (χ3n) is 7.00. The minimum Gasteiger partial charge on any atom is -0.444 e. The van der Waals surface area contributed by atoms with Gasteiger partial charge in [-0.25, -0.2) is 4.79 Å². The maximum absolute atomic E-state index is 14.4. The summed E-state index contributed by atoms with van der Waals surface area (Å²) in [5, 5.41) is 6.10. The van der Waals surface area contributed by atoms with Crippen molar-refractivity contribution in [2.24, 2.45) is 5.92 Å². The summed E-state index contributed by atoms with van der Waals surface area (Å²) in [4.78, 5) is 43.0. The normalized spacial score (nSPS) is 13.8. The number of halogens is 1. The molecule has 0 aliphatic rings. The number of carbonyl (C=O) groups is 3. The van der Waals surface area contributed by atoms with Crippen LogP contribution in [0.15, 0.2) is 36.4 Å².